The van der Waals surface area contributed by atoms with Crippen LogP contribution >= 0.6 is 28.7 Å². The third kappa shape index (κ3) is 1.25. The number of anilines is 1. The number of aromatic nitrogens is 1. The van der Waals surface area contributed by atoms with Gasteiger partial charge in [0.15, 0.2) is 0 Å². The van der Waals surface area contributed by atoms with Crippen LogP contribution in [-0.2, 0) is 6.42 Å². The lowest BCUT2D eigenvalue weighted by atomic mass is 10.2. The van der Waals surface area contributed by atoms with Gasteiger partial charge in [0.05, 0.1) is 0 Å². The number of hydrogen-bond donors (Lipinski definition) is 1. The normalized spacial score (nSPS) is 15.3. The van der Waals surface area contributed by atoms with Gasteiger partial charge in [-0.25, -0.2) is 4.98 Å². The van der Waals surface area contributed by atoms with Gasteiger partial charge in [-0.1, -0.05) is 12.8 Å². The maximum absolute atomic E-state index is 4.26. The van der Waals surface area contributed by atoms with Gasteiger partial charge >= 0.3 is 0 Å². The van der Waals surface area contributed by atoms with Crippen molar-refractivity contribution in [2.75, 3.05) is 10.8 Å². The third-order valence-corrected chi connectivity index (χ3v) is 2.57. The van der Waals surface area contributed by atoms with Gasteiger partial charge in [0.2, 0.25) is 0 Å². The van der Waals surface area contributed by atoms with Crippen molar-refractivity contribution in [3.05, 3.63) is 22.3 Å². The molecule has 0 saturated carbocycles. The minimum atomic E-state index is 0.960. The molecule has 2 rings (SSSR count). The van der Waals surface area contributed by atoms with Gasteiger partial charge in [-0.2, -0.15) is 0 Å². The summed E-state index contributed by atoms with van der Waals surface area (Å²) in [6.45, 7) is 0.960. The van der Waals surface area contributed by atoms with Gasteiger partial charge in [0.1, 0.15) is 5.82 Å². The molecule has 2 heterocycles. The Morgan fingerprint density at radius 1 is 1.64 bits per heavy atom. The Kier molecular flexibility index (Phi) is 1.81. The summed E-state index contributed by atoms with van der Waals surface area (Å²) < 4.78 is 2.92. The zero-order valence-corrected chi connectivity index (χ0v) is 8.27. The molecule has 0 atom stereocenters. The lowest BCUT2D eigenvalue weighted by Gasteiger charge is -2.07. The van der Waals surface area contributed by atoms with Crippen molar-refractivity contribution < 1.29 is 0 Å². The van der Waals surface area contributed by atoms with Crippen molar-refractivity contribution >= 4 is 34.6 Å². The minimum Gasteiger partial charge on any atom is -0.303 e. The molecule has 0 radical (unpaired) electrons. The van der Waals surface area contributed by atoms with Crippen LogP contribution in [0.25, 0.3) is 0 Å². The van der Waals surface area contributed by atoms with Gasteiger partial charge in [-0.3, -0.25) is 0 Å². The summed E-state index contributed by atoms with van der Waals surface area (Å²) in [5.41, 5.74) is 1.27. The second-order valence-electron chi connectivity index (χ2n) is 2.51. The standard InChI is InChI=1S/C7H7BrN2S/c8-6-3-5-1-2-10(11)7(5)9-4-6/h3-4,11H,1-2H2. The zero-order chi connectivity index (χ0) is 7.84. The molecule has 0 fully saturated rings. The van der Waals surface area contributed by atoms with Gasteiger partial charge in [-0.05, 0) is 34.0 Å². The Labute approximate surface area is 79.3 Å². The summed E-state index contributed by atoms with van der Waals surface area (Å²) >= 11 is 7.64. The molecule has 1 aliphatic heterocycles. The van der Waals surface area contributed by atoms with Gasteiger partial charge in [0, 0.05) is 17.2 Å². The maximum atomic E-state index is 4.26. The molecule has 58 valence electrons. The van der Waals surface area contributed by atoms with Crippen LogP contribution in [0.15, 0.2) is 16.7 Å². The highest BCUT2D eigenvalue weighted by atomic mass is 79.9. The molecule has 1 aromatic rings. The molecule has 0 bridgehead atoms. The summed E-state index contributed by atoms with van der Waals surface area (Å²) in [5.74, 6) is 0.997. The smallest absolute Gasteiger partial charge is 0.141 e. The number of halogens is 1. The van der Waals surface area contributed by atoms with Crippen LogP contribution in [0.2, 0.25) is 0 Å². The summed E-state index contributed by atoms with van der Waals surface area (Å²) in [4.78, 5) is 4.24. The number of pyridine rings is 1. The second kappa shape index (κ2) is 2.68. The predicted molar refractivity (Wildman–Crippen MR) is 52.0 cm³/mol. The molecule has 2 nitrogen and oxygen atoms in total. The van der Waals surface area contributed by atoms with E-state index in [2.05, 4.69) is 39.8 Å². The fourth-order valence-corrected chi connectivity index (χ4v) is 1.88. The number of nitrogens with zero attached hydrogens (tertiary/aromatic N) is 2. The SMILES string of the molecule is SN1CCc2cc(Br)cnc21. The van der Waals surface area contributed by atoms with E-state index in [1.54, 1.807) is 6.20 Å². The van der Waals surface area contributed by atoms with E-state index in [0.717, 1.165) is 23.3 Å². The fraction of sp³-hybridized carbons (Fsp3) is 0.286. The fourth-order valence-electron chi connectivity index (χ4n) is 1.22. The Balaban J connectivity index is 2.50. The molecule has 0 aliphatic carbocycles. The molecule has 11 heavy (non-hydrogen) atoms. The van der Waals surface area contributed by atoms with Crippen LogP contribution in [0.4, 0.5) is 5.82 Å². The predicted octanol–water partition coefficient (Wildman–Crippen LogP) is 2.05. The quantitative estimate of drug-likeness (QED) is 0.688. The van der Waals surface area contributed by atoms with Gasteiger partial charge < -0.3 is 4.31 Å². The van der Waals surface area contributed by atoms with Crippen molar-refractivity contribution in [1.82, 2.24) is 4.98 Å². The third-order valence-electron chi connectivity index (χ3n) is 1.75. The van der Waals surface area contributed by atoms with Crippen LogP contribution < -0.4 is 4.31 Å². The molecule has 0 N–H and O–H groups in total. The zero-order valence-electron chi connectivity index (χ0n) is 5.79. The van der Waals surface area contributed by atoms with Crippen LogP contribution in [0, 0.1) is 0 Å². The highest BCUT2D eigenvalue weighted by Gasteiger charge is 2.17. The molecule has 4 heteroatoms. The molecule has 0 saturated heterocycles. The number of thiol groups is 1. The summed E-state index contributed by atoms with van der Waals surface area (Å²) in [5, 5.41) is 0. The van der Waals surface area contributed by atoms with E-state index in [0.29, 0.717) is 0 Å². The first kappa shape index (κ1) is 7.43. The lowest BCUT2D eigenvalue weighted by molar-refractivity contribution is 1.06. The Morgan fingerprint density at radius 3 is 3.27 bits per heavy atom. The molecule has 0 aromatic carbocycles. The average molecular weight is 231 g/mol. The average Bonchev–Trinajstić information content (AvgIpc) is 2.32. The van der Waals surface area contributed by atoms with E-state index in [-0.39, 0.29) is 0 Å². The van der Waals surface area contributed by atoms with Gasteiger partial charge in [0.25, 0.3) is 0 Å². The van der Waals surface area contributed by atoms with E-state index in [4.69, 9.17) is 0 Å². The van der Waals surface area contributed by atoms with Crippen molar-refractivity contribution in [3.8, 4) is 0 Å². The van der Waals surface area contributed by atoms with Crippen molar-refractivity contribution in [2.24, 2.45) is 0 Å². The largest absolute Gasteiger partial charge is 0.303 e. The first-order chi connectivity index (χ1) is 5.27. The molecule has 0 unspecified atom stereocenters. The number of rotatable bonds is 0. The van der Waals surface area contributed by atoms with E-state index in [9.17, 15) is 0 Å². The maximum Gasteiger partial charge on any atom is 0.141 e. The summed E-state index contributed by atoms with van der Waals surface area (Å²) in [7, 11) is 0. The summed E-state index contributed by atoms with van der Waals surface area (Å²) in [6.07, 6.45) is 2.85. The molecule has 0 spiro atoms. The Morgan fingerprint density at radius 2 is 2.45 bits per heavy atom. The van der Waals surface area contributed by atoms with E-state index in [1.807, 2.05) is 4.31 Å². The Bertz CT molecular complexity index is 290. The highest BCUT2D eigenvalue weighted by Crippen LogP contribution is 2.28. The number of fused-ring (bicyclic) bond motifs is 1. The van der Waals surface area contributed by atoms with Crippen LogP contribution in [0.3, 0.4) is 0 Å². The molecule has 1 aliphatic rings. The van der Waals surface area contributed by atoms with E-state index < -0.39 is 0 Å². The topological polar surface area (TPSA) is 16.1 Å². The van der Waals surface area contributed by atoms with Crippen molar-refractivity contribution in [1.29, 1.82) is 0 Å². The van der Waals surface area contributed by atoms with Crippen LogP contribution in [0.5, 0.6) is 0 Å². The summed E-state index contributed by atoms with van der Waals surface area (Å²) in [6, 6.07) is 2.10. The highest BCUT2D eigenvalue weighted by molar-refractivity contribution is 9.10. The van der Waals surface area contributed by atoms with E-state index >= 15 is 0 Å². The van der Waals surface area contributed by atoms with Crippen LogP contribution in [-0.4, -0.2) is 11.5 Å². The molecular formula is C7H7BrN2S. The Hall–Kier alpha value is -0.220. The first-order valence-electron chi connectivity index (χ1n) is 3.38. The van der Waals surface area contributed by atoms with Crippen molar-refractivity contribution in [2.45, 2.75) is 6.42 Å². The number of hydrogen-bond acceptors (Lipinski definition) is 3. The molecule has 0 amide bonds. The van der Waals surface area contributed by atoms with Crippen LogP contribution in [0.1, 0.15) is 5.56 Å². The van der Waals surface area contributed by atoms with Crippen molar-refractivity contribution in [3.63, 3.8) is 0 Å². The lowest BCUT2D eigenvalue weighted by Crippen LogP contribution is -2.05. The molecule has 1 aromatic heterocycles. The van der Waals surface area contributed by atoms with E-state index in [1.165, 1.54) is 5.56 Å². The minimum absolute atomic E-state index is 0.960. The molecular weight excluding hydrogens is 224 g/mol. The first-order valence-corrected chi connectivity index (χ1v) is 4.57. The van der Waals surface area contributed by atoms with Gasteiger partial charge in [-0.15, -0.1) is 0 Å². The monoisotopic (exact) mass is 230 g/mol. The second-order valence-corrected chi connectivity index (χ2v) is 3.91.